The minimum atomic E-state index is 0.652. The summed E-state index contributed by atoms with van der Waals surface area (Å²) in [6, 6.07) is 6.26. The Bertz CT molecular complexity index is 417. The molecular weight excluding hydrogens is 284 g/mol. The first-order valence-electron chi connectivity index (χ1n) is 5.43. The van der Waals surface area contributed by atoms with Crippen LogP contribution in [0.15, 0.2) is 27.7 Å². The van der Waals surface area contributed by atoms with Gasteiger partial charge >= 0.3 is 0 Å². The number of hydrogen-bond acceptors (Lipinski definition) is 3. The van der Waals surface area contributed by atoms with Crippen molar-refractivity contribution in [3.05, 3.63) is 28.2 Å². The van der Waals surface area contributed by atoms with Crippen LogP contribution in [0.3, 0.4) is 0 Å². The van der Waals surface area contributed by atoms with E-state index in [9.17, 15) is 0 Å². The Morgan fingerprint density at radius 1 is 1.56 bits per heavy atom. The van der Waals surface area contributed by atoms with Gasteiger partial charge in [0.1, 0.15) is 0 Å². The van der Waals surface area contributed by atoms with Crippen LogP contribution in [0, 0.1) is 6.92 Å². The number of thioether (sulfide) groups is 1. The van der Waals surface area contributed by atoms with Gasteiger partial charge in [-0.1, -0.05) is 34.6 Å². The Balaban J connectivity index is 2.02. The number of anilines is 1. The van der Waals surface area contributed by atoms with E-state index in [1.807, 2.05) is 11.8 Å². The van der Waals surface area contributed by atoms with E-state index in [0.29, 0.717) is 5.25 Å². The summed E-state index contributed by atoms with van der Waals surface area (Å²) in [6.07, 6.45) is 1.18. The van der Waals surface area contributed by atoms with E-state index in [4.69, 9.17) is 0 Å². The van der Waals surface area contributed by atoms with Gasteiger partial charge in [-0.05, 0) is 37.1 Å². The lowest BCUT2D eigenvalue weighted by Gasteiger charge is -2.08. The zero-order valence-electron chi connectivity index (χ0n) is 9.46. The fraction of sp³-hybridized carbons (Fsp3) is 0.417. The van der Waals surface area contributed by atoms with Crippen LogP contribution < -0.4 is 5.32 Å². The highest BCUT2D eigenvalue weighted by molar-refractivity contribution is 9.10. The molecule has 0 bridgehead atoms. The molecule has 0 aliphatic carbocycles. The van der Waals surface area contributed by atoms with Gasteiger partial charge < -0.3 is 5.32 Å². The van der Waals surface area contributed by atoms with Crippen LogP contribution in [-0.2, 0) is 0 Å². The molecule has 0 saturated carbocycles. The summed E-state index contributed by atoms with van der Waals surface area (Å²) >= 11 is 5.34. The van der Waals surface area contributed by atoms with Crippen molar-refractivity contribution >= 4 is 38.5 Å². The Labute approximate surface area is 109 Å². The van der Waals surface area contributed by atoms with Crippen molar-refractivity contribution < 1.29 is 0 Å². The number of amidine groups is 1. The van der Waals surface area contributed by atoms with Crippen molar-refractivity contribution in [1.82, 2.24) is 0 Å². The second-order valence-corrected chi connectivity index (χ2v) is 6.03. The highest BCUT2D eigenvalue weighted by atomic mass is 79.9. The third-order valence-electron chi connectivity index (χ3n) is 2.58. The van der Waals surface area contributed by atoms with Crippen LogP contribution in [0.2, 0.25) is 0 Å². The molecule has 2 rings (SSSR count). The third kappa shape index (κ3) is 2.80. The predicted octanol–water partition coefficient (Wildman–Crippen LogP) is 4.05. The molecule has 16 heavy (non-hydrogen) atoms. The van der Waals surface area contributed by atoms with Gasteiger partial charge in [-0.2, -0.15) is 0 Å². The summed E-state index contributed by atoms with van der Waals surface area (Å²) < 4.78 is 1.14. The molecule has 1 aliphatic rings. The molecule has 0 saturated heterocycles. The van der Waals surface area contributed by atoms with E-state index in [-0.39, 0.29) is 0 Å². The van der Waals surface area contributed by atoms with Crippen molar-refractivity contribution in [2.24, 2.45) is 4.99 Å². The summed E-state index contributed by atoms with van der Waals surface area (Å²) in [5.74, 6) is 0. The zero-order valence-corrected chi connectivity index (χ0v) is 11.9. The fourth-order valence-electron chi connectivity index (χ4n) is 1.54. The van der Waals surface area contributed by atoms with Gasteiger partial charge in [0.15, 0.2) is 5.17 Å². The van der Waals surface area contributed by atoms with Gasteiger partial charge in [0.05, 0.1) is 6.54 Å². The number of rotatable bonds is 2. The van der Waals surface area contributed by atoms with Crippen molar-refractivity contribution in [3.63, 3.8) is 0 Å². The van der Waals surface area contributed by atoms with Gasteiger partial charge in [0.25, 0.3) is 0 Å². The fourth-order valence-corrected chi connectivity index (χ4v) is 2.75. The summed E-state index contributed by atoms with van der Waals surface area (Å²) in [7, 11) is 0. The zero-order chi connectivity index (χ0) is 11.5. The number of aryl methyl sites for hydroxylation is 1. The van der Waals surface area contributed by atoms with E-state index in [2.05, 4.69) is 58.3 Å². The van der Waals surface area contributed by atoms with E-state index >= 15 is 0 Å². The molecule has 1 N–H and O–H groups in total. The number of hydrogen-bond donors (Lipinski definition) is 1. The lowest BCUT2D eigenvalue weighted by atomic mass is 10.2. The molecule has 4 heteroatoms. The lowest BCUT2D eigenvalue weighted by molar-refractivity contribution is 0.843. The normalized spacial score (nSPS) is 19.7. The van der Waals surface area contributed by atoms with Crippen molar-refractivity contribution in [2.75, 3.05) is 11.9 Å². The quantitative estimate of drug-likeness (QED) is 0.891. The molecule has 0 spiro atoms. The maximum absolute atomic E-state index is 4.49. The minimum Gasteiger partial charge on any atom is -0.335 e. The van der Waals surface area contributed by atoms with Gasteiger partial charge in [0, 0.05) is 15.4 Å². The third-order valence-corrected chi connectivity index (χ3v) is 4.74. The Morgan fingerprint density at radius 3 is 3.00 bits per heavy atom. The molecule has 1 aliphatic heterocycles. The first-order chi connectivity index (χ1) is 7.69. The summed E-state index contributed by atoms with van der Waals surface area (Å²) in [6.45, 7) is 5.24. The summed E-state index contributed by atoms with van der Waals surface area (Å²) in [4.78, 5) is 4.49. The molecule has 1 heterocycles. The maximum Gasteiger partial charge on any atom is 0.161 e. The number of nitrogens with zero attached hydrogens (tertiary/aromatic N) is 1. The predicted molar refractivity (Wildman–Crippen MR) is 76.5 cm³/mol. The molecule has 1 unspecified atom stereocenters. The van der Waals surface area contributed by atoms with Crippen LogP contribution in [-0.4, -0.2) is 17.0 Å². The standard InChI is InChI=1S/C12H15BrN2S/c1-3-10-7-14-12(16-10)15-9-4-5-11(13)8(2)6-9/h4-6,10H,3,7H2,1-2H3,(H,14,15). The monoisotopic (exact) mass is 298 g/mol. The highest BCUT2D eigenvalue weighted by Gasteiger charge is 2.17. The number of halogens is 1. The van der Waals surface area contributed by atoms with Crippen LogP contribution in [0.25, 0.3) is 0 Å². The van der Waals surface area contributed by atoms with E-state index < -0.39 is 0 Å². The SMILES string of the molecule is CCC1CN=C(Nc2ccc(Br)c(C)c2)S1. The molecular formula is C12H15BrN2S. The van der Waals surface area contributed by atoms with Crippen molar-refractivity contribution in [3.8, 4) is 0 Å². The summed E-state index contributed by atoms with van der Waals surface area (Å²) in [5, 5.41) is 5.07. The topological polar surface area (TPSA) is 24.4 Å². The average molecular weight is 299 g/mol. The first kappa shape index (κ1) is 12.0. The van der Waals surface area contributed by atoms with Crippen molar-refractivity contribution in [1.29, 1.82) is 0 Å². The molecule has 2 nitrogen and oxygen atoms in total. The maximum atomic E-state index is 4.49. The second kappa shape index (κ2) is 5.23. The second-order valence-electron chi connectivity index (χ2n) is 3.88. The molecule has 86 valence electrons. The summed E-state index contributed by atoms with van der Waals surface area (Å²) in [5.41, 5.74) is 2.35. The van der Waals surface area contributed by atoms with Gasteiger partial charge in [-0.15, -0.1) is 0 Å². The van der Waals surface area contributed by atoms with Gasteiger partial charge in [-0.25, -0.2) is 0 Å². The van der Waals surface area contributed by atoms with Gasteiger partial charge in [-0.3, -0.25) is 4.99 Å². The van der Waals surface area contributed by atoms with Crippen LogP contribution in [0.5, 0.6) is 0 Å². The molecule has 1 atom stereocenters. The van der Waals surface area contributed by atoms with Crippen LogP contribution in [0.4, 0.5) is 5.69 Å². The Kier molecular flexibility index (Phi) is 3.92. The molecule has 1 aromatic carbocycles. The first-order valence-corrected chi connectivity index (χ1v) is 7.10. The molecule has 0 aromatic heterocycles. The van der Waals surface area contributed by atoms with E-state index in [1.165, 1.54) is 12.0 Å². The Morgan fingerprint density at radius 2 is 2.38 bits per heavy atom. The smallest absolute Gasteiger partial charge is 0.161 e. The van der Waals surface area contributed by atoms with Crippen LogP contribution in [0.1, 0.15) is 18.9 Å². The van der Waals surface area contributed by atoms with Crippen LogP contribution >= 0.6 is 27.7 Å². The molecule has 0 radical (unpaired) electrons. The Hall–Kier alpha value is -0.480. The molecule has 0 amide bonds. The number of benzene rings is 1. The minimum absolute atomic E-state index is 0.652. The molecule has 1 aromatic rings. The van der Waals surface area contributed by atoms with E-state index in [1.54, 1.807) is 0 Å². The lowest BCUT2D eigenvalue weighted by Crippen LogP contribution is -2.06. The van der Waals surface area contributed by atoms with Crippen molar-refractivity contribution in [2.45, 2.75) is 25.5 Å². The highest BCUT2D eigenvalue weighted by Crippen LogP contribution is 2.26. The van der Waals surface area contributed by atoms with E-state index in [0.717, 1.165) is 21.9 Å². The average Bonchev–Trinajstić information content (AvgIpc) is 2.71. The van der Waals surface area contributed by atoms with Gasteiger partial charge in [0.2, 0.25) is 0 Å². The molecule has 0 fully saturated rings. The number of nitrogens with one attached hydrogen (secondary N) is 1. The largest absolute Gasteiger partial charge is 0.335 e. The number of aliphatic imine (C=N–C) groups is 1.